The fraction of sp³-hybridized carbons (Fsp3) is 0.167. The summed E-state index contributed by atoms with van der Waals surface area (Å²) >= 11 is 4.64. The first-order chi connectivity index (χ1) is 7.58. The van der Waals surface area contributed by atoms with Crippen molar-refractivity contribution in [2.75, 3.05) is 0 Å². The van der Waals surface area contributed by atoms with Crippen LogP contribution >= 0.6 is 12.2 Å². The molecule has 0 amide bonds. The molecule has 0 unspecified atom stereocenters. The quantitative estimate of drug-likeness (QED) is 0.478. The maximum Gasteiger partial charge on any atom is 0.184 e. The van der Waals surface area contributed by atoms with Crippen molar-refractivity contribution in [3.05, 3.63) is 41.5 Å². The second kappa shape index (κ2) is 6.02. The number of thiocarbonyl (C=S) groups is 1. The van der Waals surface area contributed by atoms with E-state index in [1.807, 2.05) is 19.1 Å². The largest absolute Gasteiger partial charge is 0.375 e. The number of aryl methyl sites for hydroxylation is 1. The Balaban J connectivity index is 2.62. The van der Waals surface area contributed by atoms with E-state index in [4.69, 9.17) is 5.73 Å². The molecular weight excluding hydrogens is 218 g/mol. The Kier molecular flexibility index (Phi) is 4.66. The lowest BCUT2D eigenvalue weighted by molar-refractivity contribution is 1.03. The van der Waals surface area contributed by atoms with E-state index >= 15 is 0 Å². The molecule has 0 spiro atoms. The molecule has 16 heavy (non-hydrogen) atoms. The lowest BCUT2D eigenvalue weighted by Crippen LogP contribution is -2.24. The lowest BCUT2D eigenvalue weighted by Gasteiger charge is -1.97. The van der Waals surface area contributed by atoms with Crippen molar-refractivity contribution in [2.24, 2.45) is 10.8 Å². The number of hydrazone groups is 1. The average Bonchev–Trinajstić information content (AvgIpc) is 2.25. The number of hydrogen-bond donors (Lipinski definition) is 2. The SMILES string of the molecule is CC(/C=C/c1ccc(C)cc1)=N/NC(N)=S. The normalized spacial score (nSPS) is 11.8. The molecule has 1 aromatic rings. The van der Waals surface area contributed by atoms with Crippen LogP contribution in [0.15, 0.2) is 35.4 Å². The van der Waals surface area contributed by atoms with Crippen molar-refractivity contribution in [2.45, 2.75) is 13.8 Å². The summed E-state index contributed by atoms with van der Waals surface area (Å²) < 4.78 is 0. The van der Waals surface area contributed by atoms with Gasteiger partial charge in [-0.05, 0) is 37.7 Å². The minimum atomic E-state index is 0.170. The molecule has 1 aromatic carbocycles. The molecule has 0 saturated carbocycles. The molecule has 0 aromatic heterocycles. The van der Waals surface area contributed by atoms with Gasteiger partial charge in [0.1, 0.15) is 0 Å². The highest BCUT2D eigenvalue weighted by molar-refractivity contribution is 7.80. The summed E-state index contributed by atoms with van der Waals surface area (Å²) in [6, 6.07) is 8.25. The van der Waals surface area contributed by atoms with Crippen LogP contribution in [-0.2, 0) is 0 Å². The van der Waals surface area contributed by atoms with Gasteiger partial charge in [0.05, 0.1) is 5.71 Å². The second-order valence-corrected chi connectivity index (χ2v) is 3.91. The number of nitrogens with two attached hydrogens (primary N) is 1. The molecule has 0 aliphatic rings. The summed E-state index contributed by atoms with van der Waals surface area (Å²) in [5.74, 6) is 0. The van der Waals surface area contributed by atoms with Crippen molar-refractivity contribution in [1.29, 1.82) is 0 Å². The summed E-state index contributed by atoms with van der Waals surface area (Å²) in [6.45, 7) is 3.93. The molecule has 0 atom stereocenters. The summed E-state index contributed by atoms with van der Waals surface area (Å²) in [5.41, 5.74) is 11.0. The minimum Gasteiger partial charge on any atom is -0.375 e. The number of nitrogens with one attached hydrogen (secondary N) is 1. The molecule has 0 radical (unpaired) electrons. The van der Waals surface area contributed by atoms with Gasteiger partial charge in [0.2, 0.25) is 0 Å². The van der Waals surface area contributed by atoms with Crippen molar-refractivity contribution in [3.63, 3.8) is 0 Å². The van der Waals surface area contributed by atoms with Gasteiger partial charge in [0.15, 0.2) is 5.11 Å². The average molecular weight is 233 g/mol. The van der Waals surface area contributed by atoms with Crippen LogP contribution < -0.4 is 11.2 Å². The molecule has 0 fully saturated rings. The van der Waals surface area contributed by atoms with Gasteiger partial charge in [-0.3, -0.25) is 5.43 Å². The van der Waals surface area contributed by atoms with Crippen molar-refractivity contribution in [3.8, 4) is 0 Å². The smallest absolute Gasteiger partial charge is 0.184 e. The van der Waals surface area contributed by atoms with Crippen LogP contribution in [-0.4, -0.2) is 10.8 Å². The van der Waals surface area contributed by atoms with Crippen LogP contribution in [0.2, 0.25) is 0 Å². The molecule has 0 aliphatic heterocycles. The first-order valence-corrected chi connectivity index (χ1v) is 5.33. The molecule has 3 nitrogen and oxygen atoms in total. The Morgan fingerprint density at radius 1 is 1.38 bits per heavy atom. The van der Waals surface area contributed by atoms with Crippen LogP contribution in [0.5, 0.6) is 0 Å². The van der Waals surface area contributed by atoms with Gasteiger partial charge in [-0.25, -0.2) is 0 Å². The Hall–Kier alpha value is -1.68. The summed E-state index contributed by atoms with van der Waals surface area (Å²) in [5, 5.41) is 4.14. The predicted octanol–water partition coefficient (Wildman–Crippen LogP) is 2.22. The van der Waals surface area contributed by atoms with E-state index in [2.05, 4.69) is 53.9 Å². The molecule has 0 bridgehead atoms. The Morgan fingerprint density at radius 2 is 2.00 bits per heavy atom. The van der Waals surface area contributed by atoms with E-state index < -0.39 is 0 Å². The van der Waals surface area contributed by atoms with Gasteiger partial charge in [-0.1, -0.05) is 35.9 Å². The maximum atomic E-state index is 5.25. The van der Waals surface area contributed by atoms with E-state index in [0.29, 0.717) is 0 Å². The highest BCUT2D eigenvalue weighted by Crippen LogP contribution is 2.04. The Morgan fingerprint density at radius 3 is 2.56 bits per heavy atom. The number of benzene rings is 1. The van der Waals surface area contributed by atoms with E-state index in [1.165, 1.54) is 5.56 Å². The third kappa shape index (κ3) is 4.70. The first kappa shape index (κ1) is 12.4. The molecule has 3 N–H and O–H groups in total. The van der Waals surface area contributed by atoms with Crippen LogP contribution in [0.25, 0.3) is 6.08 Å². The number of hydrogen-bond acceptors (Lipinski definition) is 2. The zero-order valence-electron chi connectivity index (χ0n) is 9.40. The molecule has 1 rings (SSSR count). The first-order valence-electron chi connectivity index (χ1n) is 4.92. The van der Waals surface area contributed by atoms with Crippen LogP contribution in [0.4, 0.5) is 0 Å². The number of rotatable bonds is 3. The maximum absolute atomic E-state index is 5.25. The van der Waals surface area contributed by atoms with Crippen molar-refractivity contribution < 1.29 is 0 Å². The summed E-state index contributed by atoms with van der Waals surface area (Å²) in [7, 11) is 0. The van der Waals surface area contributed by atoms with Gasteiger partial charge < -0.3 is 5.73 Å². The molecule has 0 heterocycles. The van der Waals surface area contributed by atoms with Crippen LogP contribution in [0, 0.1) is 6.92 Å². The number of nitrogens with zero attached hydrogens (tertiary/aromatic N) is 1. The zero-order chi connectivity index (χ0) is 12.0. The highest BCUT2D eigenvalue weighted by atomic mass is 32.1. The molecule has 0 saturated heterocycles. The zero-order valence-corrected chi connectivity index (χ0v) is 10.2. The predicted molar refractivity (Wildman–Crippen MR) is 73.2 cm³/mol. The highest BCUT2D eigenvalue weighted by Gasteiger charge is 1.88. The van der Waals surface area contributed by atoms with E-state index in [1.54, 1.807) is 0 Å². The Labute approximate surface area is 101 Å². The summed E-state index contributed by atoms with van der Waals surface area (Å²) in [4.78, 5) is 0. The van der Waals surface area contributed by atoms with Gasteiger partial charge >= 0.3 is 0 Å². The third-order valence-electron chi connectivity index (χ3n) is 1.94. The standard InChI is InChI=1S/C12H15N3S/c1-9-3-6-11(7-4-9)8-5-10(2)14-15-12(13)16/h3-8H,1-2H3,(H3,13,15,16)/b8-5+,14-10-. The van der Waals surface area contributed by atoms with Gasteiger partial charge in [-0.15, -0.1) is 0 Å². The second-order valence-electron chi connectivity index (χ2n) is 3.47. The van der Waals surface area contributed by atoms with Crippen molar-refractivity contribution in [1.82, 2.24) is 5.43 Å². The molecule has 84 valence electrons. The topological polar surface area (TPSA) is 50.4 Å². The van der Waals surface area contributed by atoms with Crippen molar-refractivity contribution >= 4 is 29.1 Å². The van der Waals surface area contributed by atoms with Crippen LogP contribution in [0.1, 0.15) is 18.1 Å². The van der Waals surface area contributed by atoms with Gasteiger partial charge in [0, 0.05) is 0 Å². The summed E-state index contributed by atoms with van der Waals surface area (Å²) in [6.07, 6.45) is 3.88. The fourth-order valence-corrected chi connectivity index (χ4v) is 1.12. The third-order valence-corrected chi connectivity index (χ3v) is 2.03. The van der Waals surface area contributed by atoms with Crippen LogP contribution in [0.3, 0.4) is 0 Å². The minimum absolute atomic E-state index is 0.170. The molecular formula is C12H15N3S. The Bertz CT molecular complexity index is 418. The fourth-order valence-electron chi connectivity index (χ4n) is 1.07. The monoisotopic (exact) mass is 233 g/mol. The van der Waals surface area contributed by atoms with E-state index in [9.17, 15) is 0 Å². The van der Waals surface area contributed by atoms with Gasteiger partial charge in [-0.2, -0.15) is 5.10 Å². The molecule has 0 aliphatic carbocycles. The van der Waals surface area contributed by atoms with Gasteiger partial charge in [0.25, 0.3) is 0 Å². The number of allylic oxidation sites excluding steroid dienone is 1. The molecule has 4 heteroatoms. The van der Waals surface area contributed by atoms with E-state index in [-0.39, 0.29) is 5.11 Å². The lowest BCUT2D eigenvalue weighted by atomic mass is 10.1. The van der Waals surface area contributed by atoms with E-state index in [0.717, 1.165) is 11.3 Å².